The van der Waals surface area contributed by atoms with Gasteiger partial charge in [0.2, 0.25) is 0 Å². The van der Waals surface area contributed by atoms with Crippen molar-refractivity contribution in [2.24, 2.45) is 0 Å². The topological polar surface area (TPSA) is 81.9 Å². The van der Waals surface area contributed by atoms with Crippen LogP contribution in [0.5, 0.6) is 5.75 Å². The van der Waals surface area contributed by atoms with Crippen LogP contribution in [0.25, 0.3) is 5.69 Å². The fourth-order valence-corrected chi connectivity index (χ4v) is 2.60. The van der Waals surface area contributed by atoms with E-state index in [1.807, 2.05) is 24.3 Å². The largest absolute Gasteiger partial charge is 0.484 e. The number of amides is 1. The monoisotopic (exact) mass is 383 g/mol. The van der Waals surface area contributed by atoms with Gasteiger partial charge in [0.05, 0.1) is 0 Å². The molecule has 2 aromatic carbocycles. The molecule has 0 aliphatic carbocycles. The third-order valence-electron chi connectivity index (χ3n) is 4.17. The van der Waals surface area contributed by atoms with Crippen molar-refractivity contribution in [2.75, 3.05) is 11.9 Å². The minimum Gasteiger partial charge on any atom is -0.484 e. The van der Waals surface area contributed by atoms with Gasteiger partial charge in [0.1, 0.15) is 17.3 Å². The molecule has 3 aromatic rings. The van der Waals surface area contributed by atoms with Gasteiger partial charge in [-0.15, -0.1) is 5.10 Å². The number of carbonyl (C=O) groups is 1. The van der Waals surface area contributed by atoms with E-state index in [9.17, 15) is 9.18 Å². The lowest BCUT2D eigenvalue weighted by Gasteiger charge is -2.19. The highest BCUT2D eigenvalue weighted by molar-refractivity contribution is 5.92. The van der Waals surface area contributed by atoms with Crippen molar-refractivity contribution in [1.82, 2.24) is 20.2 Å². The van der Waals surface area contributed by atoms with Crippen molar-refractivity contribution in [3.63, 3.8) is 0 Å². The predicted molar refractivity (Wildman–Crippen MR) is 103 cm³/mol. The van der Waals surface area contributed by atoms with E-state index in [4.69, 9.17) is 4.74 Å². The van der Waals surface area contributed by atoms with Crippen LogP contribution in [0.3, 0.4) is 0 Å². The average Bonchev–Trinajstić information content (AvgIpc) is 3.07. The van der Waals surface area contributed by atoms with Gasteiger partial charge in [-0.3, -0.25) is 4.79 Å². The summed E-state index contributed by atoms with van der Waals surface area (Å²) in [4.78, 5) is 12.2. The Bertz CT molecular complexity index is 977. The maximum Gasteiger partial charge on any atom is 0.262 e. The van der Waals surface area contributed by atoms with Gasteiger partial charge in [-0.1, -0.05) is 32.9 Å². The number of aromatic nitrogens is 4. The van der Waals surface area contributed by atoms with Crippen molar-refractivity contribution in [3.05, 3.63) is 59.7 Å². The molecule has 0 atom stereocenters. The molecule has 0 bridgehead atoms. The van der Waals surface area contributed by atoms with Crippen LogP contribution >= 0.6 is 0 Å². The van der Waals surface area contributed by atoms with Crippen LogP contribution in [0.4, 0.5) is 10.1 Å². The SMILES string of the molecule is Cc1nnnn1-c1cc(NC(=O)COc2ccc(C(C)(C)C)cc2)ccc1F. The van der Waals surface area contributed by atoms with E-state index in [-0.39, 0.29) is 23.6 Å². The van der Waals surface area contributed by atoms with E-state index in [2.05, 4.69) is 41.6 Å². The van der Waals surface area contributed by atoms with Gasteiger partial charge >= 0.3 is 0 Å². The molecule has 0 spiro atoms. The number of tetrazole rings is 1. The molecule has 0 saturated carbocycles. The van der Waals surface area contributed by atoms with Crippen LogP contribution in [0.1, 0.15) is 32.2 Å². The van der Waals surface area contributed by atoms with Crippen molar-refractivity contribution in [1.29, 1.82) is 0 Å². The van der Waals surface area contributed by atoms with Crippen LogP contribution in [-0.2, 0) is 10.2 Å². The minimum atomic E-state index is -0.497. The highest BCUT2D eigenvalue weighted by Crippen LogP contribution is 2.24. The van der Waals surface area contributed by atoms with Crippen molar-refractivity contribution in [2.45, 2.75) is 33.1 Å². The first-order valence-corrected chi connectivity index (χ1v) is 8.82. The standard InChI is InChI=1S/C20H22FN5O2/c1-13-23-24-25-26(13)18-11-15(7-10-17(18)21)22-19(27)12-28-16-8-5-14(6-9-16)20(2,3)4/h5-11H,12H2,1-4H3,(H,22,27). The first kappa shape index (κ1) is 19.5. The van der Waals surface area contributed by atoms with Crippen LogP contribution in [0.15, 0.2) is 42.5 Å². The predicted octanol–water partition coefficient (Wildman–Crippen LogP) is 3.42. The molecule has 1 aromatic heterocycles. The summed E-state index contributed by atoms with van der Waals surface area (Å²) in [5, 5.41) is 13.7. The third-order valence-corrected chi connectivity index (χ3v) is 4.17. The molecule has 3 rings (SSSR count). The zero-order chi connectivity index (χ0) is 20.3. The first-order valence-electron chi connectivity index (χ1n) is 8.82. The van der Waals surface area contributed by atoms with Crippen molar-refractivity contribution >= 4 is 11.6 Å². The summed E-state index contributed by atoms with van der Waals surface area (Å²) in [5.41, 5.74) is 1.80. The van der Waals surface area contributed by atoms with Crippen molar-refractivity contribution < 1.29 is 13.9 Å². The second kappa shape index (κ2) is 7.75. The number of nitrogens with one attached hydrogen (secondary N) is 1. The molecular weight excluding hydrogens is 361 g/mol. The Labute approximate surface area is 162 Å². The van der Waals surface area contributed by atoms with Crippen LogP contribution in [0, 0.1) is 12.7 Å². The Morgan fingerprint density at radius 1 is 1.18 bits per heavy atom. The molecule has 0 aliphatic rings. The number of hydrogen-bond donors (Lipinski definition) is 1. The van der Waals surface area contributed by atoms with Crippen LogP contribution in [-0.4, -0.2) is 32.7 Å². The zero-order valence-electron chi connectivity index (χ0n) is 16.2. The molecule has 0 radical (unpaired) electrons. The van der Waals surface area contributed by atoms with Gasteiger partial charge in [-0.05, 0) is 58.7 Å². The lowest BCUT2D eigenvalue weighted by Crippen LogP contribution is -2.20. The summed E-state index contributed by atoms with van der Waals surface area (Å²) in [7, 11) is 0. The molecular formula is C20H22FN5O2. The van der Waals surface area contributed by atoms with Crippen LogP contribution in [0.2, 0.25) is 0 Å². The molecule has 146 valence electrons. The summed E-state index contributed by atoms with van der Waals surface area (Å²) in [6.45, 7) is 7.88. The number of nitrogens with zero attached hydrogens (tertiary/aromatic N) is 4. The number of rotatable bonds is 5. The number of benzene rings is 2. The summed E-state index contributed by atoms with van der Waals surface area (Å²) >= 11 is 0. The molecule has 1 N–H and O–H groups in total. The fourth-order valence-electron chi connectivity index (χ4n) is 2.60. The van der Waals surface area contributed by atoms with Gasteiger partial charge in [0.25, 0.3) is 5.91 Å². The lowest BCUT2D eigenvalue weighted by molar-refractivity contribution is -0.118. The second-order valence-electron chi connectivity index (χ2n) is 7.42. The lowest BCUT2D eigenvalue weighted by atomic mass is 9.87. The molecule has 0 saturated heterocycles. The first-order chi connectivity index (χ1) is 13.2. The molecule has 1 amide bonds. The smallest absolute Gasteiger partial charge is 0.262 e. The van der Waals surface area contributed by atoms with Gasteiger partial charge < -0.3 is 10.1 Å². The number of carbonyl (C=O) groups excluding carboxylic acids is 1. The number of anilines is 1. The van der Waals surface area contributed by atoms with Gasteiger partial charge in [0, 0.05) is 5.69 Å². The second-order valence-corrected chi connectivity index (χ2v) is 7.42. The molecule has 7 nitrogen and oxygen atoms in total. The molecule has 0 unspecified atom stereocenters. The summed E-state index contributed by atoms with van der Waals surface area (Å²) in [6.07, 6.45) is 0. The zero-order valence-corrected chi connectivity index (χ0v) is 16.2. The quantitative estimate of drug-likeness (QED) is 0.730. The normalized spacial score (nSPS) is 11.3. The molecule has 0 fully saturated rings. The molecule has 0 aliphatic heterocycles. The molecule has 28 heavy (non-hydrogen) atoms. The Balaban J connectivity index is 1.63. The fraction of sp³-hybridized carbons (Fsp3) is 0.300. The Morgan fingerprint density at radius 3 is 2.50 bits per heavy atom. The van der Waals surface area contributed by atoms with Gasteiger partial charge in [0.15, 0.2) is 12.4 Å². The Kier molecular flexibility index (Phi) is 5.39. The Hall–Kier alpha value is -3.29. The number of halogens is 1. The minimum absolute atomic E-state index is 0.0498. The van der Waals surface area contributed by atoms with Crippen molar-refractivity contribution in [3.8, 4) is 11.4 Å². The summed E-state index contributed by atoms with van der Waals surface area (Å²) in [5.74, 6) is 0.186. The highest BCUT2D eigenvalue weighted by atomic mass is 19.1. The Morgan fingerprint density at radius 2 is 1.89 bits per heavy atom. The van der Waals surface area contributed by atoms with E-state index < -0.39 is 5.82 Å². The number of hydrogen-bond acceptors (Lipinski definition) is 5. The maximum absolute atomic E-state index is 14.1. The van der Waals surface area contributed by atoms with Gasteiger partial charge in [-0.2, -0.15) is 4.68 Å². The maximum atomic E-state index is 14.1. The van der Waals surface area contributed by atoms with E-state index in [1.165, 1.54) is 28.4 Å². The summed E-state index contributed by atoms with van der Waals surface area (Å²) in [6, 6.07) is 11.8. The van der Waals surface area contributed by atoms with E-state index >= 15 is 0 Å². The highest BCUT2D eigenvalue weighted by Gasteiger charge is 2.14. The molecule has 1 heterocycles. The third kappa shape index (κ3) is 4.51. The van der Waals surface area contributed by atoms with E-state index in [0.29, 0.717) is 17.3 Å². The molecule has 8 heteroatoms. The average molecular weight is 383 g/mol. The van der Waals surface area contributed by atoms with Gasteiger partial charge in [-0.25, -0.2) is 4.39 Å². The number of ether oxygens (including phenoxy) is 1. The van der Waals surface area contributed by atoms with Crippen LogP contribution < -0.4 is 10.1 Å². The number of aryl methyl sites for hydroxylation is 1. The van der Waals surface area contributed by atoms with E-state index in [0.717, 1.165) is 0 Å². The van der Waals surface area contributed by atoms with E-state index in [1.54, 1.807) is 6.92 Å². The summed E-state index contributed by atoms with van der Waals surface area (Å²) < 4.78 is 20.9.